The summed E-state index contributed by atoms with van der Waals surface area (Å²) in [7, 11) is 0. The third-order valence-corrected chi connectivity index (χ3v) is 1.91. The first kappa shape index (κ1) is 8.68. The predicted molar refractivity (Wildman–Crippen MR) is 45.5 cm³/mol. The number of halogens is 1. The number of hydrogen-bond acceptors (Lipinski definition) is 3. The zero-order valence-electron chi connectivity index (χ0n) is 5.82. The average molecular weight is 227 g/mol. The van der Waals surface area contributed by atoms with Crippen molar-refractivity contribution < 1.29 is 4.92 Å². The molecule has 0 bridgehead atoms. The molecule has 4 nitrogen and oxygen atoms in total. The lowest BCUT2D eigenvalue weighted by Crippen LogP contribution is -1.89. The van der Waals surface area contributed by atoms with Gasteiger partial charge in [-0.1, -0.05) is 0 Å². The van der Waals surface area contributed by atoms with Crippen molar-refractivity contribution in [3.63, 3.8) is 0 Å². The van der Waals surface area contributed by atoms with Gasteiger partial charge in [-0.15, -0.1) is 0 Å². The van der Waals surface area contributed by atoms with Gasteiger partial charge in [0.05, 0.1) is 21.0 Å². The molecule has 0 aliphatic heterocycles. The minimum Gasteiger partial charge on any atom is -0.258 e. The summed E-state index contributed by atoms with van der Waals surface area (Å²) in [6, 6.07) is 6.00. The Morgan fingerprint density at radius 1 is 1.58 bits per heavy atom. The van der Waals surface area contributed by atoms with Gasteiger partial charge < -0.3 is 0 Å². The second-order valence-corrected chi connectivity index (χ2v) is 2.89. The molecular weight excluding hydrogens is 224 g/mol. The fourth-order valence-corrected chi connectivity index (χ4v) is 1.25. The van der Waals surface area contributed by atoms with Crippen LogP contribution in [0.4, 0.5) is 5.69 Å². The van der Waals surface area contributed by atoms with Crippen LogP contribution in [0.25, 0.3) is 0 Å². The smallest absolute Gasteiger partial charge is 0.258 e. The molecule has 0 atom stereocenters. The molecular formula is C7H3BrN2O2. The van der Waals surface area contributed by atoms with E-state index in [1.54, 1.807) is 0 Å². The molecule has 0 saturated heterocycles. The molecule has 0 unspecified atom stereocenters. The van der Waals surface area contributed by atoms with Crippen LogP contribution in [0, 0.1) is 21.4 Å². The van der Waals surface area contributed by atoms with E-state index >= 15 is 0 Å². The van der Waals surface area contributed by atoms with Gasteiger partial charge in [-0.3, -0.25) is 10.1 Å². The lowest BCUT2D eigenvalue weighted by atomic mass is 10.2. The van der Waals surface area contributed by atoms with E-state index in [2.05, 4.69) is 15.9 Å². The van der Waals surface area contributed by atoms with Crippen LogP contribution in [0.2, 0.25) is 0 Å². The van der Waals surface area contributed by atoms with Gasteiger partial charge in [0.15, 0.2) is 0 Å². The van der Waals surface area contributed by atoms with Crippen molar-refractivity contribution in [2.45, 2.75) is 0 Å². The molecule has 0 N–H and O–H groups in total. The van der Waals surface area contributed by atoms with Crippen LogP contribution in [0.5, 0.6) is 0 Å². The van der Waals surface area contributed by atoms with Crippen molar-refractivity contribution in [3.05, 3.63) is 38.3 Å². The van der Waals surface area contributed by atoms with E-state index in [0.29, 0.717) is 10.0 Å². The van der Waals surface area contributed by atoms with Gasteiger partial charge in [-0.05, 0) is 28.1 Å². The van der Waals surface area contributed by atoms with E-state index in [0.717, 1.165) is 0 Å². The van der Waals surface area contributed by atoms with Crippen LogP contribution in [0.15, 0.2) is 22.7 Å². The number of nitriles is 1. The summed E-state index contributed by atoms with van der Waals surface area (Å²) in [6.07, 6.45) is 0. The van der Waals surface area contributed by atoms with Gasteiger partial charge in [-0.2, -0.15) is 5.26 Å². The molecule has 0 aromatic heterocycles. The standard InChI is InChI=1S/C7H3BrN2O2/c8-6-3-5(4-9)1-2-7(6)10(11)12/h1-3H. The van der Waals surface area contributed by atoms with Crippen molar-refractivity contribution in [2.24, 2.45) is 0 Å². The van der Waals surface area contributed by atoms with Crippen LogP contribution in [-0.4, -0.2) is 4.92 Å². The molecule has 0 amide bonds. The Bertz CT molecular complexity index is 370. The van der Waals surface area contributed by atoms with Gasteiger partial charge >= 0.3 is 0 Å². The number of rotatable bonds is 1. The summed E-state index contributed by atoms with van der Waals surface area (Å²) in [5.41, 5.74) is 0.362. The van der Waals surface area contributed by atoms with Crippen LogP contribution < -0.4 is 0 Å². The highest BCUT2D eigenvalue weighted by Crippen LogP contribution is 2.24. The Labute approximate surface area is 76.7 Å². The largest absolute Gasteiger partial charge is 0.283 e. The fourth-order valence-electron chi connectivity index (χ4n) is 0.725. The van der Waals surface area contributed by atoms with Crippen LogP contribution in [-0.2, 0) is 0 Å². The molecule has 0 aliphatic carbocycles. The summed E-state index contributed by atoms with van der Waals surface area (Å²) in [5.74, 6) is 0. The van der Waals surface area contributed by atoms with E-state index in [4.69, 9.17) is 5.26 Å². The summed E-state index contributed by atoms with van der Waals surface area (Å²) in [5, 5.41) is 18.8. The third kappa shape index (κ3) is 1.60. The zero-order valence-corrected chi connectivity index (χ0v) is 7.41. The van der Waals surface area contributed by atoms with E-state index in [-0.39, 0.29) is 5.69 Å². The van der Waals surface area contributed by atoms with Gasteiger partial charge in [0.25, 0.3) is 5.69 Å². The molecule has 0 aliphatic rings. The number of benzene rings is 1. The highest BCUT2D eigenvalue weighted by atomic mass is 79.9. The maximum atomic E-state index is 10.3. The maximum absolute atomic E-state index is 10.3. The average Bonchev–Trinajstić information content (AvgIpc) is 2.03. The fraction of sp³-hybridized carbons (Fsp3) is 0. The molecule has 0 heterocycles. The summed E-state index contributed by atoms with van der Waals surface area (Å²) >= 11 is 3.00. The molecule has 0 saturated carbocycles. The summed E-state index contributed by atoms with van der Waals surface area (Å²) < 4.78 is 0.326. The monoisotopic (exact) mass is 226 g/mol. The molecule has 12 heavy (non-hydrogen) atoms. The van der Waals surface area contributed by atoms with Crippen molar-refractivity contribution in [3.8, 4) is 6.07 Å². The lowest BCUT2D eigenvalue weighted by molar-refractivity contribution is -0.385. The highest BCUT2D eigenvalue weighted by molar-refractivity contribution is 9.10. The minimum absolute atomic E-state index is 0.0333. The van der Waals surface area contributed by atoms with Gasteiger partial charge in [-0.25, -0.2) is 0 Å². The highest BCUT2D eigenvalue weighted by Gasteiger charge is 2.10. The SMILES string of the molecule is N#Cc1ccc([N+](=O)[O-])c(Br)c1. The quantitative estimate of drug-likeness (QED) is 0.545. The number of nitro groups is 1. The van der Waals surface area contributed by atoms with Crippen molar-refractivity contribution in [1.82, 2.24) is 0 Å². The topological polar surface area (TPSA) is 66.9 Å². The zero-order chi connectivity index (χ0) is 9.14. The molecule has 1 aromatic rings. The Morgan fingerprint density at radius 3 is 2.67 bits per heavy atom. The molecule has 0 radical (unpaired) electrons. The Morgan fingerprint density at radius 2 is 2.25 bits per heavy atom. The molecule has 1 rings (SSSR count). The summed E-state index contributed by atoms with van der Waals surface area (Å²) in [4.78, 5) is 9.81. The Balaban J connectivity index is 3.23. The molecule has 5 heteroatoms. The maximum Gasteiger partial charge on any atom is 0.283 e. The number of nitro benzene ring substituents is 1. The van der Waals surface area contributed by atoms with Crippen LogP contribution in [0.3, 0.4) is 0 Å². The Kier molecular flexibility index (Phi) is 2.41. The minimum atomic E-state index is -0.509. The molecule has 1 aromatic carbocycles. The first-order valence-corrected chi connectivity index (χ1v) is 3.78. The summed E-state index contributed by atoms with van der Waals surface area (Å²) in [6.45, 7) is 0. The van der Waals surface area contributed by atoms with Crippen molar-refractivity contribution in [1.29, 1.82) is 5.26 Å². The Hall–Kier alpha value is -1.41. The van der Waals surface area contributed by atoms with Gasteiger partial charge in [0.1, 0.15) is 0 Å². The second-order valence-electron chi connectivity index (χ2n) is 2.04. The normalized spacial score (nSPS) is 9.00. The first-order valence-electron chi connectivity index (χ1n) is 2.99. The van der Waals surface area contributed by atoms with E-state index in [1.807, 2.05) is 6.07 Å². The lowest BCUT2D eigenvalue weighted by Gasteiger charge is -1.93. The van der Waals surface area contributed by atoms with E-state index in [1.165, 1.54) is 18.2 Å². The third-order valence-electron chi connectivity index (χ3n) is 1.27. The number of hydrogen-bond donors (Lipinski definition) is 0. The predicted octanol–water partition coefficient (Wildman–Crippen LogP) is 2.23. The van der Waals surface area contributed by atoms with Crippen molar-refractivity contribution in [2.75, 3.05) is 0 Å². The molecule has 0 fully saturated rings. The van der Waals surface area contributed by atoms with Crippen LogP contribution in [0.1, 0.15) is 5.56 Å². The molecule has 0 spiro atoms. The van der Waals surface area contributed by atoms with Crippen LogP contribution >= 0.6 is 15.9 Å². The van der Waals surface area contributed by atoms with Crippen molar-refractivity contribution >= 4 is 21.6 Å². The first-order chi connectivity index (χ1) is 5.65. The van der Waals surface area contributed by atoms with Gasteiger partial charge in [0, 0.05) is 6.07 Å². The van der Waals surface area contributed by atoms with E-state index in [9.17, 15) is 10.1 Å². The number of nitrogens with zero attached hydrogens (tertiary/aromatic N) is 2. The molecule has 60 valence electrons. The van der Waals surface area contributed by atoms with E-state index < -0.39 is 4.92 Å². The van der Waals surface area contributed by atoms with Gasteiger partial charge in [0.2, 0.25) is 0 Å². The second kappa shape index (κ2) is 3.32.